The Labute approximate surface area is 228 Å². The average Bonchev–Trinajstić information content (AvgIpc) is 3.63. The number of aryl methyl sites for hydroxylation is 1. The van der Waals surface area contributed by atoms with Gasteiger partial charge in [-0.3, -0.25) is 0 Å². The molecule has 0 amide bonds. The van der Waals surface area contributed by atoms with E-state index in [1.165, 1.54) is 53.1 Å². The molecule has 0 N–H and O–H groups in total. The van der Waals surface area contributed by atoms with Gasteiger partial charge in [0.15, 0.2) is 0 Å². The Morgan fingerprint density at radius 3 is 2.46 bits per heavy atom. The van der Waals surface area contributed by atoms with E-state index in [4.69, 9.17) is 0 Å². The molecule has 6 rings (SSSR count). The number of hydrogen-bond donors (Lipinski definition) is 0. The smallest absolute Gasteiger partial charge is 0.262 e. The molecule has 0 bridgehead atoms. The fourth-order valence-electron chi connectivity index (χ4n) is 5.38. The third-order valence-electron chi connectivity index (χ3n) is 7.13. The average molecular weight is 520 g/mol. The van der Waals surface area contributed by atoms with Crippen molar-refractivity contribution in [2.45, 2.75) is 38.1 Å². The molecule has 2 aliphatic rings. The minimum atomic E-state index is 0.973. The van der Waals surface area contributed by atoms with E-state index in [2.05, 4.69) is 126 Å². The molecular formula is C33H31N2S2+. The van der Waals surface area contributed by atoms with E-state index in [0.717, 1.165) is 25.9 Å². The van der Waals surface area contributed by atoms with Crippen molar-refractivity contribution in [1.29, 1.82) is 0 Å². The number of allylic oxidation sites excluding steroid dienone is 6. The summed E-state index contributed by atoms with van der Waals surface area (Å²) in [6, 6.07) is 28.3. The number of thiazole rings is 1. The Morgan fingerprint density at radius 2 is 1.62 bits per heavy atom. The monoisotopic (exact) mass is 519 g/mol. The second kappa shape index (κ2) is 10.6. The van der Waals surface area contributed by atoms with Crippen LogP contribution in [-0.4, -0.2) is 6.54 Å². The van der Waals surface area contributed by atoms with E-state index < -0.39 is 0 Å². The van der Waals surface area contributed by atoms with Crippen LogP contribution in [0.15, 0.2) is 118 Å². The summed E-state index contributed by atoms with van der Waals surface area (Å²) in [5.41, 5.74) is 8.18. The van der Waals surface area contributed by atoms with Gasteiger partial charge in [-0.05, 0) is 73.2 Å². The zero-order valence-electron chi connectivity index (χ0n) is 21.4. The molecule has 37 heavy (non-hydrogen) atoms. The summed E-state index contributed by atoms with van der Waals surface area (Å²) in [6.45, 7) is 6.41. The lowest BCUT2D eigenvalue weighted by atomic mass is 9.98. The summed E-state index contributed by atoms with van der Waals surface area (Å²) in [4.78, 5) is 3.76. The van der Waals surface area contributed by atoms with Crippen LogP contribution in [0.4, 0.5) is 5.69 Å². The first-order valence-electron chi connectivity index (χ1n) is 13.1. The topological polar surface area (TPSA) is 7.12 Å². The molecule has 1 aliphatic carbocycles. The number of fused-ring (bicyclic) bond motifs is 2. The molecule has 0 radical (unpaired) electrons. The van der Waals surface area contributed by atoms with Crippen molar-refractivity contribution in [1.82, 2.24) is 0 Å². The van der Waals surface area contributed by atoms with Crippen LogP contribution in [0.5, 0.6) is 0 Å². The number of rotatable bonds is 6. The number of anilines is 1. The number of benzene rings is 3. The third-order valence-corrected chi connectivity index (χ3v) is 9.39. The zero-order valence-corrected chi connectivity index (χ0v) is 23.0. The summed E-state index contributed by atoms with van der Waals surface area (Å²) >= 11 is 3.75. The van der Waals surface area contributed by atoms with Crippen molar-refractivity contribution in [2.75, 3.05) is 11.4 Å². The third kappa shape index (κ3) is 4.60. The van der Waals surface area contributed by atoms with Crippen molar-refractivity contribution < 1.29 is 4.57 Å². The molecule has 3 aromatic carbocycles. The van der Waals surface area contributed by atoms with E-state index in [0.29, 0.717) is 0 Å². The minimum Gasteiger partial charge on any atom is -0.335 e. The van der Waals surface area contributed by atoms with Gasteiger partial charge in [0, 0.05) is 23.6 Å². The molecule has 2 nitrogen and oxygen atoms in total. The first kappa shape index (κ1) is 24.0. The normalized spacial score (nSPS) is 17.7. The number of aromatic nitrogens is 1. The second-order valence-electron chi connectivity index (χ2n) is 9.26. The Balaban J connectivity index is 1.38. The fraction of sp³-hybridized carbons (Fsp3) is 0.182. The second-order valence-corrected chi connectivity index (χ2v) is 11.4. The maximum absolute atomic E-state index is 2.42. The van der Waals surface area contributed by atoms with Crippen LogP contribution in [0.3, 0.4) is 0 Å². The Morgan fingerprint density at radius 1 is 0.838 bits per heavy atom. The van der Waals surface area contributed by atoms with Crippen LogP contribution in [-0.2, 0) is 6.54 Å². The van der Waals surface area contributed by atoms with Crippen LogP contribution in [0, 0.1) is 0 Å². The number of para-hydroxylation sites is 2. The molecule has 184 valence electrons. The lowest BCUT2D eigenvalue weighted by Gasteiger charge is -2.17. The van der Waals surface area contributed by atoms with Crippen LogP contribution in [0.25, 0.3) is 21.9 Å². The molecule has 0 spiro atoms. The molecular weight excluding hydrogens is 489 g/mol. The molecule has 0 fully saturated rings. The minimum absolute atomic E-state index is 0.973. The molecule has 1 aliphatic heterocycles. The van der Waals surface area contributed by atoms with Crippen molar-refractivity contribution >= 4 is 50.7 Å². The first-order chi connectivity index (χ1) is 18.3. The van der Waals surface area contributed by atoms with Crippen molar-refractivity contribution in [3.8, 4) is 0 Å². The first-order valence-corrected chi connectivity index (χ1v) is 14.7. The highest BCUT2D eigenvalue weighted by Crippen LogP contribution is 2.46. The predicted molar refractivity (Wildman–Crippen MR) is 161 cm³/mol. The summed E-state index contributed by atoms with van der Waals surface area (Å²) in [6.07, 6.45) is 11.5. The number of nitrogens with zero attached hydrogens (tertiary/aromatic N) is 2. The Kier molecular flexibility index (Phi) is 6.86. The predicted octanol–water partition coefficient (Wildman–Crippen LogP) is 8.87. The summed E-state index contributed by atoms with van der Waals surface area (Å²) in [5.74, 6) is 0. The largest absolute Gasteiger partial charge is 0.335 e. The van der Waals surface area contributed by atoms with Gasteiger partial charge >= 0.3 is 0 Å². The van der Waals surface area contributed by atoms with E-state index in [1.54, 1.807) is 0 Å². The number of hydrogen-bond acceptors (Lipinski definition) is 3. The van der Waals surface area contributed by atoms with Crippen LogP contribution in [0.1, 0.15) is 37.3 Å². The molecule has 2 heterocycles. The summed E-state index contributed by atoms with van der Waals surface area (Å²) < 4.78 is 3.76. The van der Waals surface area contributed by atoms with Crippen LogP contribution < -0.4 is 9.47 Å². The van der Waals surface area contributed by atoms with Gasteiger partial charge in [-0.1, -0.05) is 89.8 Å². The van der Waals surface area contributed by atoms with E-state index in [1.807, 2.05) is 23.1 Å². The maximum atomic E-state index is 2.42. The molecule has 4 aromatic rings. The molecule has 1 aromatic heterocycles. The van der Waals surface area contributed by atoms with Gasteiger partial charge in [-0.25, -0.2) is 0 Å². The lowest BCUT2D eigenvalue weighted by molar-refractivity contribution is -0.665. The molecule has 0 unspecified atom stereocenters. The SMILES string of the molecule is CCN1/C(=C/C=C2/CCC(/C=C\c3sc4ccccc4[n+]3CC)=C2c2ccccc2)Sc2ccccc21. The number of thioether (sulfide) groups is 1. The fourth-order valence-corrected chi connectivity index (χ4v) is 7.64. The Bertz CT molecular complexity index is 1570. The molecule has 0 saturated carbocycles. The molecule has 4 heteroatoms. The quantitative estimate of drug-likeness (QED) is 0.235. The van der Waals surface area contributed by atoms with Gasteiger partial charge in [0.1, 0.15) is 11.2 Å². The van der Waals surface area contributed by atoms with Crippen LogP contribution in [0.2, 0.25) is 0 Å². The highest BCUT2D eigenvalue weighted by Gasteiger charge is 2.24. The van der Waals surface area contributed by atoms with Gasteiger partial charge in [-0.15, -0.1) is 0 Å². The van der Waals surface area contributed by atoms with E-state index in [9.17, 15) is 0 Å². The lowest BCUT2D eigenvalue weighted by Crippen LogP contribution is -2.33. The van der Waals surface area contributed by atoms with Gasteiger partial charge in [-0.2, -0.15) is 4.57 Å². The summed E-state index contributed by atoms with van der Waals surface area (Å²) in [7, 11) is 0. The molecule has 0 atom stereocenters. The van der Waals surface area contributed by atoms with Crippen molar-refractivity contribution in [2.24, 2.45) is 0 Å². The summed E-state index contributed by atoms with van der Waals surface area (Å²) in [5, 5.41) is 2.61. The van der Waals surface area contributed by atoms with Gasteiger partial charge < -0.3 is 4.90 Å². The van der Waals surface area contributed by atoms with E-state index in [-0.39, 0.29) is 0 Å². The van der Waals surface area contributed by atoms with Crippen LogP contribution >= 0.6 is 23.1 Å². The molecule has 0 saturated heterocycles. The van der Waals surface area contributed by atoms with Gasteiger partial charge in [0.05, 0.1) is 10.7 Å². The van der Waals surface area contributed by atoms with E-state index >= 15 is 0 Å². The Hall–Kier alpha value is -3.34. The highest BCUT2D eigenvalue weighted by atomic mass is 32.2. The van der Waals surface area contributed by atoms with Gasteiger partial charge in [0.25, 0.3) is 5.01 Å². The van der Waals surface area contributed by atoms with Crippen molar-refractivity contribution in [3.05, 3.63) is 124 Å². The van der Waals surface area contributed by atoms with Gasteiger partial charge in [0.2, 0.25) is 5.52 Å². The highest BCUT2D eigenvalue weighted by molar-refractivity contribution is 8.03. The standard InChI is InChI=1S/C33H31N2S2/c1-3-34-27-14-8-10-16-29(27)36-31(34)22-20-25-18-19-26(33(25)24-12-6-5-7-13-24)21-23-32-35(4-2)28-15-9-11-17-30(28)37-32/h5-17,20-23H,3-4,18-19H2,1-2H3/q+1. The maximum Gasteiger partial charge on any atom is 0.262 e. The van der Waals surface area contributed by atoms with Crippen molar-refractivity contribution in [3.63, 3.8) is 0 Å². The zero-order chi connectivity index (χ0) is 25.2.